The minimum atomic E-state index is -0.693. The molecule has 0 spiro atoms. The Labute approximate surface area is 102 Å². The molecule has 3 amide bonds. The summed E-state index contributed by atoms with van der Waals surface area (Å²) in [6.07, 6.45) is 1.38. The van der Waals surface area contributed by atoms with Crippen molar-refractivity contribution in [1.29, 1.82) is 0 Å². The van der Waals surface area contributed by atoms with Crippen LogP contribution in [0.4, 0.5) is 0 Å². The van der Waals surface area contributed by atoms with Crippen molar-refractivity contribution in [2.24, 2.45) is 5.73 Å². The van der Waals surface area contributed by atoms with E-state index in [2.05, 4.69) is 10.2 Å². The second-order valence-electron chi connectivity index (χ2n) is 3.26. The number of hydrogen-bond donors (Lipinski definition) is 3. The fraction of sp³-hybridized carbons (Fsp3) is 0.300. The molecule has 98 valence electrons. The van der Waals surface area contributed by atoms with Crippen LogP contribution in [0.15, 0.2) is 22.8 Å². The molecular weight excluding hydrogens is 242 g/mol. The van der Waals surface area contributed by atoms with Crippen molar-refractivity contribution >= 4 is 17.7 Å². The molecule has 0 fully saturated rings. The Morgan fingerprint density at radius 3 is 2.78 bits per heavy atom. The van der Waals surface area contributed by atoms with Gasteiger partial charge in [0, 0.05) is 13.0 Å². The summed E-state index contributed by atoms with van der Waals surface area (Å²) in [5.74, 6) is -1.41. The van der Waals surface area contributed by atoms with Gasteiger partial charge in [-0.1, -0.05) is 0 Å². The largest absolute Gasteiger partial charge is 0.459 e. The smallest absolute Gasteiger partial charge is 0.286 e. The van der Waals surface area contributed by atoms with E-state index in [0.29, 0.717) is 0 Å². The Hall–Kier alpha value is -2.35. The summed E-state index contributed by atoms with van der Waals surface area (Å²) >= 11 is 0. The van der Waals surface area contributed by atoms with Gasteiger partial charge in [-0.15, -0.1) is 0 Å². The van der Waals surface area contributed by atoms with Crippen molar-refractivity contribution in [2.75, 3.05) is 13.2 Å². The SMILES string of the molecule is NC(=O)CONC(=O)CCNC(=O)c1ccco1. The topological polar surface area (TPSA) is 124 Å². The van der Waals surface area contributed by atoms with Gasteiger partial charge in [0.05, 0.1) is 6.26 Å². The molecule has 0 atom stereocenters. The molecule has 0 aliphatic rings. The standard InChI is InChI=1S/C10H13N3O5/c11-8(14)6-18-13-9(15)3-4-12-10(16)7-2-1-5-17-7/h1-2,5H,3-4,6H2,(H2,11,14)(H,12,16)(H,13,15). The first-order valence-corrected chi connectivity index (χ1v) is 5.10. The van der Waals surface area contributed by atoms with Gasteiger partial charge in [-0.25, -0.2) is 5.48 Å². The molecule has 0 bridgehead atoms. The molecule has 0 saturated heterocycles. The van der Waals surface area contributed by atoms with E-state index >= 15 is 0 Å². The van der Waals surface area contributed by atoms with Crippen LogP contribution in [0.25, 0.3) is 0 Å². The third-order valence-corrected chi connectivity index (χ3v) is 1.78. The van der Waals surface area contributed by atoms with Gasteiger partial charge in [0.15, 0.2) is 12.4 Å². The number of nitrogens with one attached hydrogen (secondary N) is 2. The number of carbonyl (C=O) groups is 3. The molecule has 0 radical (unpaired) electrons. The predicted octanol–water partition coefficient (Wildman–Crippen LogP) is -1.07. The first kappa shape index (κ1) is 13.7. The van der Waals surface area contributed by atoms with Gasteiger partial charge < -0.3 is 15.5 Å². The number of amides is 3. The average molecular weight is 255 g/mol. The number of furan rings is 1. The zero-order valence-electron chi connectivity index (χ0n) is 9.47. The Bertz CT molecular complexity index is 415. The third kappa shape index (κ3) is 5.12. The van der Waals surface area contributed by atoms with Crippen LogP contribution < -0.4 is 16.5 Å². The summed E-state index contributed by atoms with van der Waals surface area (Å²) in [5.41, 5.74) is 6.80. The molecule has 8 nitrogen and oxygen atoms in total. The van der Waals surface area contributed by atoms with E-state index in [0.717, 1.165) is 0 Å². The highest BCUT2D eigenvalue weighted by Gasteiger charge is 2.08. The molecule has 1 aromatic heterocycles. The summed E-state index contributed by atoms with van der Waals surface area (Å²) in [7, 11) is 0. The number of primary amides is 1. The summed E-state index contributed by atoms with van der Waals surface area (Å²) in [5, 5.41) is 2.47. The van der Waals surface area contributed by atoms with Crippen molar-refractivity contribution in [2.45, 2.75) is 6.42 Å². The van der Waals surface area contributed by atoms with Crippen LogP contribution in [0.3, 0.4) is 0 Å². The second-order valence-corrected chi connectivity index (χ2v) is 3.26. The van der Waals surface area contributed by atoms with E-state index in [1.807, 2.05) is 5.48 Å². The van der Waals surface area contributed by atoms with Crippen molar-refractivity contribution < 1.29 is 23.6 Å². The number of carbonyl (C=O) groups excluding carboxylic acids is 3. The van der Waals surface area contributed by atoms with E-state index < -0.39 is 24.3 Å². The number of rotatable bonds is 7. The first-order chi connectivity index (χ1) is 8.59. The van der Waals surface area contributed by atoms with Gasteiger partial charge >= 0.3 is 0 Å². The quantitative estimate of drug-likeness (QED) is 0.535. The fourth-order valence-electron chi connectivity index (χ4n) is 1.02. The van der Waals surface area contributed by atoms with Crippen LogP contribution in [-0.2, 0) is 14.4 Å². The van der Waals surface area contributed by atoms with E-state index in [1.54, 1.807) is 6.07 Å². The lowest BCUT2D eigenvalue weighted by Gasteiger charge is -2.04. The van der Waals surface area contributed by atoms with Gasteiger partial charge in [0.25, 0.3) is 5.91 Å². The Kier molecular flexibility index (Phi) is 5.39. The minimum absolute atomic E-state index is 0.00517. The van der Waals surface area contributed by atoms with Crippen LogP contribution in [0.1, 0.15) is 17.0 Å². The highest BCUT2D eigenvalue weighted by molar-refractivity contribution is 5.91. The molecule has 0 unspecified atom stereocenters. The van der Waals surface area contributed by atoms with Crippen LogP contribution in [0.5, 0.6) is 0 Å². The monoisotopic (exact) mass is 255 g/mol. The van der Waals surface area contributed by atoms with Gasteiger partial charge in [-0.2, -0.15) is 0 Å². The van der Waals surface area contributed by atoms with Crippen LogP contribution in [0, 0.1) is 0 Å². The normalized spacial score (nSPS) is 9.78. The summed E-state index contributed by atoms with van der Waals surface area (Å²) in [4.78, 5) is 37.3. The van der Waals surface area contributed by atoms with Crippen molar-refractivity contribution in [3.8, 4) is 0 Å². The lowest BCUT2D eigenvalue weighted by atomic mass is 10.4. The maximum Gasteiger partial charge on any atom is 0.286 e. The maximum absolute atomic E-state index is 11.4. The Balaban J connectivity index is 2.12. The zero-order chi connectivity index (χ0) is 13.4. The maximum atomic E-state index is 11.4. The molecule has 0 aliphatic carbocycles. The van der Waals surface area contributed by atoms with Crippen molar-refractivity contribution in [3.05, 3.63) is 24.2 Å². The molecule has 1 aromatic rings. The number of nitrogens with two attached hydrogens (primary N) is 1. The first-order valence-electron chi connectivity index (χ1n) is 5.10. The van der Waals surface area contributed by atoms with E-state index in [1.165, 1.54) is 12.3 Å². The van der Waals surface area contributed by atoms with Gasteiger partial charge in [-0.05, 0) is 12.1 Å². The third-order valence-electron chi connectivity index (χ3n) is 1.78. The molecule has 8 heteroatoms. The van der Waals surface area contributed by atoms with Crippen LogP contribution in [0.2, 0.25) is 0 Å². The second kappa shape index (κ2) is 7.07. The lowest BCUT2D eigenvalue weighted by molar-refractivity contribution is -0.137. The summed E-state index contributed by atoms with van der Waals surface area (Å²) in [6, 6.07) is 3.09. The van der Waals surface area contributed by atoms with Gasteiger partial charge in [0.1, 0.15) is 0 Å². The average Bonchev–Trinajstić information content (AvgIpc) is 2.81. The minimum Gasteiger partial charge on any atom is -0.459 e. The van der Waals surface area contributed by atoms with E-state index in [9.17, 15) is 14.4 Å². The summed E-state index contributed by atoms with van der Waals surface area (Å²) < 4.78 is 4.86. The van der Waals surface area contributed by atoms with Gasteiger partial charge in [0.2, 0.25) is 11.8 Å². The summed E-state index contributed by atoms with van der Waals surface area (Å²) in [6.45, 7) is -0.282. The van der Waals surface area contributed by atoms with Crippen molar-refractivity contribution in [3.63, 3.8) is 0 Å². The van der Waals surface area contributed by atoms with Crippen LogP contribution in [-0.4, -0.2) is 30.9 Å². The molecule has 0 saturated carbocycles. The highest BCUT2D eigenvalue weighted by atomic mass is 16.7. The fourth-order valence-corrected chi connectivity index (χ4v) is 1.02. The Morgan fingerprint density at radius 1 is 1.39 bits per heavy atom. The zero-order valence-corrected chi connectivity index (χ0v) is 9.47. The number of hydrogen-bond acceptors (Lipinski definition) is 5. The molecule has 1 rings (SSSR count). The predicted molar refractivity (Wildman–Crippen MR) is 58.9 cm³/mol. The molecule has 18 heavy (non-hydrogen) atoms. The van der Waals surface area contributed by atoms with Gasteiger partial charge in [-0.3, -0.25) is 19.2 Å². The molecular formula is C10H13N3O5. The lowest BCUT2D eigenvalue weighted by Crippen LogP contribution is -2.32. The molecule has 4 N–H and O–H groups in total. The van der Waals surface area contributed by atoms with E-state index in [4.69, 9.17) is 10.2 Å². The molecule has 1 heterocycles. The highest BCUT2D eigenvalue weighted by Crippen LogP contribution is 1.98. The van der Waals surface area contributed by atoms with E-state index in [-0.39, 0.29) is 18.7 Å². The van der Waals surface area contributed by atoms with Crippen LogP contribution >= 0.6 is 0 Å². The van der Waals surface area contributed by atoms with Crippen molar-refractivity contribution in [1.82, 2.24) is 10.8 Å². The molecule has 0 aliphatic heterocycles. The number of hydroxylamine groups is 1. The molecule has 0 aromatic carbocycles. The Morgan fingerprint density at radius 2 is 2.17 bits per heavy atom.